The summed E-state index contributed by atoms with van der Waals surface area (Å²) in [5, 5.41) is 34.6. The van der Waals surface area contributed by atoms with Crippen molar-refractivity contribution in [3.05, 3.63) is 123 Å². The van der Waals surface area contributed by atoms with E-state index in [2.05, 4.69) is 26.1 Å². The van der Waals surface area contributed by atoms with Crippen LogP contribution in [0.25, 0.3) is 0 Å². The fourth-order valence-corrected chi connectivity index (χ4v) is 4.23. The fourth-order valence-electron chi connectivity index (χ4n) is 4.10. The zero-order chi connectivity index (χ0) is 29.2. The summed E-state index contributed by atoms with van der Waals surface area (Å²) in [7, 11) is 0. The van der Waals surface area contributed by atoms with Gasteiger partial charge < -0.3 is 20.6 Å². The summed E-state index contributed by atoms with van der Waals surface area (Å²) >= 11 is 5.96. The lowest BCUT2D eigenvalue weighted by atomic mass is 9.98. The molecule has 41 heavy (non-hydrogen) atoms. The number of nitrogens with zero attached hydrogens (tertiary/aromatic N) is 3. The molecule has 11 nitrogen and oxygen atoms in total. The minimum absolute atomic E-state index is 0.00732. The van der Waals surface area contributed by atoms with Crippen LogP contribution < -0.4 is 16.0 Å². The Morgan fingerprint density at radius 2 is 1.66 bits per heavy atom. The van der Waals surface area contributed by atoms with E-state index in [0.29, 0.717) is 10.6 Å². The van der Waals surface area contributed by atoms with Crippen LogP contribution in [0.15, 0.2) is 96.2 Å². The van der Waals surface area contributed by atoms with E-state index in [1.165, 1.54) is 6.07 Å². The third kappa shape index (κ3) is 7.49. The molecule has 12 heteroatoms. The molecular weight excluding hydrogens is 548 g/mol. The van der Waals surface area contributed by atoms with Crippen molar-refractivity contribution in [2.75, 3.05) is 29.1 Å². The number of hydrogen-bond donors (Lipinski definition) is 4. The van der Waals surface area contributed by atoms with E-state index in [4.69, 9.17) is 16.3 Å². The van der Waals surface area contributed by atoms with Crippen LogP contribution in [-0.2, 0) is 4.74 Å². The second-order valence-electron chi connectivity index (χ2n) is 8.66. The third-order valence-corrected chi connectivity index (χ3v) is 6.22. The maximum absolute atomic E-state index is 12.4. The van der Waals surface area contributed by atoms with Crippen LogP contribution in [0.2, 0.25) is 5.02 Å². The Hall–Kier alpha value is -5.16. The zero-order valence-electron chi connectivity index (χ0n) is 22.0. The summed E-state index contributed by atoms with van der Waals surface area (Å²) < 4.78 is 4.98. The molecule has 4 N–H and O–H groups in total. The third-order valence-electron chi connectivity index (χ3n) is 5.97. The smallest absolute Gasteiger partial charge is 0.412 e. The first kappa shape index (κ1) is 28.8. The Morgan fingerprint density at radius 1 is 1.05 bits per heavy atom. The van der Waals surface area contributed by atoms with Crippen LogP contribution in [0.3, 0.4) is 0 Å². The highest BCUT2D eigenvalue weighted by molar-refractivity contribution is 6.30. The van der Waals surface area contributed by atoms with Crippen LogP contribution in [0.5, 0.6) is 0 Å². The van der Waals surface area contributed by atoms with Gasteiger partial charge in [-0.15, -0.1) is 0 Å². The van der Waals surface area contributed by atoms with Gasteiger partial charge in [0.25, 0.3) is 0 Å². The van der Waals surface area contributed by atoms with Gasteiger partial charge in [0, 0.05) is 16.7 Å². The molecule has 0 aliphatic rings. The molecule has 0 aliphatic carbocycles. The highest BCUT2D eigenvalue weighted by Crippen LogP contribution is 2.38. The van der Waals surface area contributed by atoms with Crippen LogP contribution in [-0.4, -0.2) is 40.1 Å². The molecule has 4 rings (SSSR count). The standard InChI is InChI=1S/C29H27ClN6O5/c1-2-41-29(37)34-25-17-23(32-26(20-9-5-3-6-10-20)21-11-7-4-8-12-21)27(36(39)40)28(33-25)31-18-24(35-38)19-13-15-22(30)16-14-19/h3-17,26,38H,2,18H2,1H3,(H3,31,32,33,34,37). The number of nitro groups is 1. The van der Waals surface area contributed by atoms with E-state index >= 15 is 0 Å². The van der Waals surface area contributed by atoms with Gasteiger partial charge in [-0.1, -0.05) is 89.6 Å². The lowest BCUT2D eigenvalue weighted by Gasteiger charge is -2.22. The highest BCUT2D eigenvalue weighted by atomic mass is 35.5. The van der Waals surface area contributed by atoms with Gasteiger partial charge in [0.1, 0.15) is 17.2 Å². The normalized spacial score (nSPS) is 11.1. The Labute approximate surface area is 241 Å². The summed E-state index contributed by atoms with van der Waals surface area (Å²) in [6.07, 6.45) is -0.771. The topological polar surface area (TPSA) is 151 Å². The lowest BCUT2D eigenvalue weighted by molar-refractivity contribution is -0.383. The van der Waals surface area contributed by atoms with Crippen molar-refractivity contribution in [3.63, 3.8) is 0 Å². The molecule has 3 aromatic carbocycles. The number of pyridine rings is 1. The molecule has 0 saturated heterocycles. The van der Waals surface area contributed by atoms with Crippen molar-refractivity contribution < 1.29 is 19.7 Å². The molecule has 0 bridgehead atoms. The minimum Gasteiger partial charge on any atom is -0.450 e. The van der Waals surface area contributed by atoms with Crippen LogP contribution in [0.1, 0.15) is 29.7 Å². The Bertz CT molecular complexity index is 1480. The summed E-state index contributed by atoms with van der Waals surface area (Å²) in [4.78, 5) is 28.4. The first-order chi connectivity index (χ1) is 19.9. The summed E-state index contributed by atoms with van der Waals surface area (Å²) in [5.74, 6) is -0.158. The van der Waals surface area contributed by atoms with Crippen molar-refractivity contribution in [1.29, 1.82) is 0 Å². The SMILES string of the molecule is CCOC(=O)Nc1cc(NC(c2ccccc2)c2ccccc2)c([N+](=O)[O-])c(NCC(=NO)c2ccc(Cl)cc2)n1. The van der Waals surface area contributed by atoms with Gasteiger partial charge in [0.05, 0.1) is 24.1 Å². The molecule has 0 fully saturated rings. The van der Waals surface area contributed by atoms with E-state index in [1.807, 2.05) is 60.7 Å². The predicted molar refractivity (Wildman–Crippen MR) is 158 cm³/mol. The number of rotatable bonds is 11. The van der Waals surface area contributed by atoms with E-state index in [-0.39, 0.29) is 41.9 Å². The summed E-state index contributed by atoms with van der Waals surface area (Å²) in [6, 6.07) is 26.3. The summed E-state index contributed by atoms with van der Waals surface area (Å²) in [6.45, 7) is 1.64. The molecule has 0 saturated carbocycles. The molecule has 0 unspecified atom stereocenters. The number of nitrogens with one attached hydrogen (secondary N) is 3. The number of halogens is 1. The molecule has 0 radical (unpaired) electrons. The highest BCUT2D eigenvalue weighted by Gasteiger charge is 2.27. The monoisotopic (exact) mass is 574 g/mol. The quantitative estimate of drug-likeness (QED) is 0.0668. The fraction of sp³-hybridized carbons (Fsp3) is 0.138. The first-order valence-electron chi connectivity index (χ1n) is 12.6. The lowest BCUT2D eigenvalue weighted by Crippen LogP contribution is -2.20. The zero-order valence-corrected chi connectivity index (χ0v) is 22.7. The van der Waals surface area contributed by atoms with Gasteiger partial charge in [-0.05, 0) is 30.2 Å². The van der Waals surface area contributed by atoms with Crippen molar-refractivity contribution in [2.24, 2.45) is 5.16 Å². The van der Waals surface area contributed by atoms with Crippen LogP contribution in [0, 0.1) is 10.1 Å². The van der Waals surface area contributed by atoms with Crippen molar-refractivity contribution >= 4 is 46.4 Å². The van der Waals surface area contributed by atoms with E-state index in [1.54, 1.807) is 31.2 Å². The number of carbonyl (C=O) groups excluding carboxylic acids is 1. The Kier molecular flexibility index (Phi) is 9.68. The second-order valence-corrected chi connectivity index (χ2v) is 9.10. The van der Waals surface area contributed by atoms with Gasteiger partial charge in [-0.2, -0.15) is 0 Å². The molecule has 0 aliphatic heterocycles. The largest absolute Gasteiger partial charge is 0.450 e. The second kappa shape index (κ2) is 13.8. The van der Waals surface area contributed by atoms with E-state index in [0.717, 1.165) is 11.1 Å². The first-order valence-corrected chi connectivity index (χ1v) is 13.0. The molecular formula is C29H27ClN6O5. The number of hydrogen-bond acceptors (Lipinski definition) is 9. The molecule has 0 atom stereocenters. The molecule has 4 aromatic rings. The molecule has 210 valence electrons. The minimum atomic E-state index is -0.771. The predicted octanol–water partition coefficient (Wildman–Crippen LogP) is 6.70. The van der Waals surface area contributed by atoms with Crippen LogP contribution in [0.4, 0.5) is 27.8 Å². The number of ether oxygens (including phenoxy) is 1. The van der Waals surface area contributed by atoms with Gasteiger partial charge in [0.2, 0.25) is 5.82 Å². The van der Waals surface area contributed by atoms with E-state index < -0.39 is 17.1 Å². The van der Waals surface area contributed by atoms with E-state index in [9.17, 15) is 20.1 Å². The van der Waals surface area contributed by atoms with Gasteiger partial charge in [-0.25, -0.2) is 9.78 Å². The maximum atomic E-state index is 12.4. The summed E-state index contributed by atoms with van der Waals surface area (Å²) in [5.41, 5.74) is 2.16. The number of carbonyl (C=O) groups is 1. The van der Waals surface area contributed by atoms with Gasteiger partial charge >= 0.3 is 11.8 Å². The Morgan fingerprint density at radius 3 is 2.20 bits per heavy atom. The van der Waals surface area contributed by atoms with Gasteiger partial charge in [0.15, 0.2) is 0 Å². The average molecular weight is 575 g/mol. The number of oxime groups is 1. The molecule has 0 spiro atoms. The number of aromatic nitrogens is 1. The maximum Gasteiger partial charge on any atom is 0.412 e. The number of anilines is 3. The van der Waals surface area contributed by atoms with Crippen molar-refractivity contribution in [3.8, 4) is 0 Å². The van der Waals surface area contributed by atoms with Crippen LogP contribution >= 0.6 is 11.6 Å². The van der Waals surface area contributed by atoms with Gasteiger partial charge in [-0.3, -0.25) is 15.4 Å². The number of benzene rings is 3. The van der Waals surface area contributed by atoms with Crippen molar-refractivity contribution in [2.45, 2.75) is 13.0 Å². The Balaban J connectivity index is 1.77. The van der Waals surface area contributed by atoms with Crippen molar-refractivity contribution in [1.82, 2.24) is 4.98 Å². The average Bonchev–Trinajstić information content (AvgIpc) is 2.97. The number of amides is 1. The molecule has 1 amide bonds. The molecule has 1 heterocycles. The molecule has 1 aromatic heterocycles.